The summed E-state index contributed by atoms with van der Waals surface area (Å²) in [5, 5.41) is 0. The first kappa shape index (κ1) is 8.02. The Bertz CT molecular complexity index is 103. The molecule has 0 aromatic carbocycles. The second-order valence-corrected chi connectivity index (χ2v) is 3.25. The third kappa shape index (κ3) is 1.70. The van der Waals surface area contributed by atoms with Gasteiger partial charge in [-0.2, -0.15) is 0 Å². The molecule has 0 bridgehead atoms. The maximum Gasteiger partial charge on any atom is 0.0701 e. The van der Waals surface area contributed by atoms with Crippen LogP contribution in [0.3, 0.4) is 0 Å². The van der Waals surface area contributed by atoms with Gasteiger partial charge in [0.2, 0.25) is 0 Å². The van der Waals surface area contributed by atoms with Crippen molar-refractivity contribution in [1.29, 1.82) is 0 Å². The molecule has 0 radical (unpaired) electrons. The van der Waals surface area contributed by atoms with Gasteiger partial charge in [-0.25, -0.2) is 0 Å². The summed E-state index contributed by atoms with van der Waals surface area (Å²) < 4.78 is 5.51. The van der Waals surface area contributed by atoms with Crippen LogP contribution in [-0.2, 0) is 4.74 Å². The van der Waals surface area contributed by atoms with Gasteiger partial charge in [0, 0.05) is 12.6 Å². The van der Waals surface area contributed by atoms with Gasteiger partial charge < -0.3 is 9.64 Å². The fraction of sp³-hybridized carbons (Fsp3) is 1.00. The Hall–Kier alpha value is -0.0800. The van der Waals surface area contributed by atoms with Gasteiger partial charge in [-0.3, -0.25) is 0 Å². The third-order valence-electron chi connectivity index (χ3n) is 2.23. The van der Waals surface area contributed by atoms with Gasteiger partial charge in [-0.1, -0.05) is 0 Å². The Labute approximate surface area is 63.2 Å². The van der Waals surface area contributed by atoms with Crippen molar-refractivity contribution in [3.8, 4) is 0 Å². The molecule has 0 N–H and O–H groups in total. The van der Waals surface area contributed by atoms with E-state index in [1.54, 1.807) is 0 Å². The smallest absolute Gasteiger partial charge is 0.0701 e. The zero-order valence-electron chi connectivity index (χ0n) is 7.13. The van der Waals surface area contributed by atoms with Crippen molar-refractivity contribution in [3.63, 3.8) is 0 Å². The van der Waals surface area contributed by atoms with Crippen molar-refractivity contribution in [2.45, 2.75) is 31.9 Å². The number of likely N-dealkylation sites (N-methyl/N-ethyl adjacent to an activating group) is 1. The number of nitrogens with zero attached hydrogens (tertiary/aromatic N) is 1. The Kier molecular flexibility index (Phi) is 2.69. The standard InChI is InChI=1S/C8H17NO/c1-7-8(9(2)3)5-4-6-10-7/h7-8H,4-6H2,1-3H3/t7-,8?/m1/s1. The average molecular weight is 143 g/mol. The molecule has 1 aliphatic heterocycles. The van der Waals surface area contributed by atoms with Crippen LogP contribution in [0.5, 0.6) is 0 Å². The van der Waals surface area contributed by atoms with Gasteiger partial charge in [-0.15, -0.1) is 0 Å². The third-order valence-corrected chi connectivity index (χ3v) is 2.23. The van der Waals surface area contributed by atoms with E-state index in [4.69, 9.17) is 4.74 Å². The Balaban J connectivity index is 2.40. The number of hydrogen-bond acceptors (Lipinski definition) is 2. The molecule has 60 valence electrons. The van der Waals surface area contributed by atoms with E-state index in [1.165, 1.54) is 12.8 Å². The lowest BCUT2D eigenvalue weighted by atomic mass is 10.0. The first-order valence-corrected chi connectivity index (χ1v) is 4.00. The van der Waals surface area contributed by atoms with Crippen molar-refractivity contribution >= 4 is 0 Å². The van der Waals surface area contributed by atoms with Crippen LogP contribution in [-0.4, -0.2) is 37.7 Å². The van der Waals surface area contributed by atoms with Crippen LogP contribution in [0.1, 0.15) is 19.8 Å². The predicted molar refractivity (Wildman–Crippen MR) is 42.1 cm³/mol. The van der Waals surface area contributed by atoms with Crippen molar-refractivity contribution in [1.82, 2.24) is 4.90 Å². The molecule has 10 heavy (non-hydrogen) atoms. The molecule has 0 aliphatic carbocycles. The molecule has 2 atom stereocenters. The summed E-state index contributed by atoms with van der Waals surface area (Å²) in [6.45, 7) is 3.11. The average Bonchev–Trinajstić information content (AvgIpc) is 1.88. The molecule has 1 aliphatic rings. The fourth-order valence-electron chi connectivity index (χ4n) is 1.59. The molecule has 0 spiro atoms. The summed E-state index contributed by atoms with van der Waals surface area (Å²) in [6.07, 6.45) is 2.92. The molecule has 2 nitrogen and oxygen atoms in total. The Morgan fingerprint density at radius 1 is 1.40 bits per heavy atom. The summed E-state index contributed by atoms with van der Waals surface area (Å²) in [5.41, 5.74) is 0. The molecular weight excluding hydrogens is 126 g/mol. The largest absolute Gasteiger partial charge is 0.377 e. The minimum absolute atomic E-state index is 0.420. The van der Waals surface area contributed by atoms with Crippen LogP contribution in [0.15, 0.2) is 0 Å². The Morgan fingerprint density at radius 2 is 2.10 bits per heavy atom. The topological polar surface area (TPSA) is 12.5 Å². The van der Waals surface area contributed by atoms with Gasteiger partial charge >= 0.3 is 0 Å². The van der Waals surface area contributed by atoms with Crippen LogP contribution in [0.4, 0.5) is 0 Å². The van der Waals surface area contributed by atoms with E-state index in [0.717, 1.165) is 6.61 Å². The summed E-state index contributed by atoms with van der Waals surface area (Å²) in [5.74, 6) is 0. The maximum atomic E-state index is 5.51. The number of ether oxygens (including phenoxy) is 1. The van der Waals surface area contributed by atoms with Crippen molar-refractivity contribution in [2.24, 2.45) is 0 Å². The van der Waals surface area contributed by atoms with Crippen LogP contribution < -0.4 is 0 Å². The molecule has 0 saturated carbocycles. The lowest BCUT2D eigenvalue weighted by Crippen LogP contribution is -2.42. The molecule has 0 aromatic heterocycles. The van der Waals surface area contributed by atoms with Gasteiger partial charge in [0.05, 0.1) is 6.10 Å². The minimum atomic E-state index is 0.420. The van der Waals surface area contributed by atoms with E-state index >= 15 is 0 Å². The normalized spacial score (nSPS) is 34.8. The highest BCUT2D eigenvalue weighted by molar-refractivity contribution is 4.76. The molecule has 1 unspecified atom stereocenters. The molecule has 2 heteroatoms. The second kappa shape index (κ2) is 3.35. The molecule has 1 heterocycles. The van der Waals surface area contributed by atoms with E-state index < -0.39 is 0 Å². The monoisotopic (exact) mass is 143 g/mol. The first-order valence-electron chi connectivity index (χ1n) is 4.00. The molecule has 0 amide bonds. The van der Waals surface area contributed by atoms with E-state index in [2.05, 4.69) is 25.9 Å². The van der Waals surface area contributed by atoms with Crippen LogP contribution in [0, 0.1) is 0 Å². The number of rotatable bonds is 1. The van der Waals surface area contributed by atoms with Gasteiger partial charge in [-0.05, 0) is 33.9 Å². The summed E-state index contributed by atoms with van der Waals surface area (Å²) in [4.78, 5) is 2.25. The van der Waals surface area contributed by atoms with Crippen LogP contribution in [0.25, 0.3) is 0 Å². The molecule has 1 saturated heterocycles. The van der Waals surface area contributed by atoms with Gasteiger partial charge in [0.25, 0.3) is 0 Å². The molecule has 0 aromatic rings. The van der Waals surface area contributed by atoms with Crippen LogP contribution in [0.2, 0.25) is 0 Å². The minimum Gasteiger partial charge on any atom is -0.377 e. The zero-order chi connectivity index (χ0) is 7.56. The van der Waals surface area contributed by atoms with Crippen molar-refractivity contribution in [2.75, 3.05) is 20.7 Å². The summed E-state index contributed by atoms with van der Waals surface area (Å²) in [6, 6.07) is 0.633. The molecule has 1 rings (SSSR count). The van der Waals surface area contributed by atoms with Crippen molar-refractivity contribution in [3.05, 3.63) is 0 Å². The SMILES string of the molecule is C[C@H]1OCCCC1N(C)C. The van der Waals surface area contributed by atoms with Crippen LogP contribution >= 0.6 is 0 Å². The van der Waals surface area contributed by atoms with Crippen molar-refractivity contribution < 1.29 is 4.74 Å². The van der Waals surface area contributed by atoms with Gasteiger partial charge in [0.1, 0.15) is 0 Å². The Morgan fingerprint density at radius 3 is 2.50 bits per heavy atom. The van der Waals surface area contributed by atoms with E-state index in [1.807, 2.05) is 0 Å². The first-order chi connectivity index (χ1) is 4.72. The highest BCUT2D eigenvalue weighted by atomic mass is 16.5. The number of hydrogen-bond donors (Lipinski definition) is 0. The summed E-state index contributed by atoms with van der Waals surface area (Å²) in [7, 11) is 4.24. The second-order valence-electron chi connectivity index (χ2n) is 3.25. The fourth-order valence-corrected chi connectivity index (χ4v) is 1.59. The lowest BCUT2D eigenvalue weighted by Gasteiger charge is -2.33. The molecular formula is C8H17NO. The lowest BCUT2D eigenvalue weighted by molar-refractivity contribution is -0.0270. The van der Waals surface area contributed by atoms with E-state index in [-0.39, 0.29) is 0 Å². The quantitative estimate of drug-likeness (QED) is 0.545. The highest BCUT2D eigenvalue weighted by Crippen LogP contribution is 2.16. The zero-order valence-corrected chi connectivity index (χ0v) is 7.13. The highest BCUT2D eigenvalue weighted by Gasteiger charge is 2.22. The summed E-state index contributed by atoms with van der Waals surface area (Å²) >= 11 is 0. The van der Waals surface area contributed by atoms with E-state index in [0.29, 0.717) is 12.1 Å². The predicted octanol–water partition coefficient (Wildman–Crippen LogP) is 1.12. The van der Waals surface area contributed by atoms with Gasteiger partial charge in [0.15, 0.2) is 0 Å². The maximum absolute atomic E-state index is 5.51. The van der Waals surface area contributed by atoms with E-state index in [9.17, 15) is 0 Å². The molecule has 1 fully saturated rings.